The molecular formula is C12H15NO3S2. The highest BCUT2D eigenvalue weighted by Gasteiger charge is 2.21. The van der Waals surface area contributed by atoms with Gasteiger partial charge >= 0.3 is 0 Å². The second-order valence-electron chi connectivity index (χ2n) is 3.88. The Labute approximate surface area is 111 Å². The van der Waals surface area contributed by atoms with E-state index in [-0.39, 0.29) is 5.75 Å². The standard InChI is InChI=1S/C12H15NO3S2/c1-2-18(14,15)13(8-11-5-6-16-10-11)9-12-4-3-7-17-12/h3-7,10H,2,8-9H2,1H3. The number of sulfonamides is 1. The molecule has 2 heterocycles. The Morgan fingerprint density at radius 3 is 2.72 bits per heavy atom. The smallest absolute Gasteiger partial charge is 0.214 e. The van der Waals surface area contributed by atoms with Gasteiger partial charge in [-0.15, -0.1) is 11.3 Å². The van der Waals surface area contributed by atoms with Gasteiger partial charge in [0.15, 0.2) is 0 Å². The third kappa shape index (κ3) is 3.22. The maximum atomic E-state index is 12.1. The van der Waals surface area contributed by atoms with Crippen molar-refractivity contribution in [3.63, 3.8) is 0 Å². The molecule has 6 heteroatoms. The number of rotatable bonds is 6. The van der Waals surface area contributed by atoms with Crippen LogP contribution in [0.25, 0.3) is 0 Å². The summed E-state index contributed by atoms with van der Waals surface area (Å²) in [7, 11) is -3.21. The molecule has 18 heavy (non-hydrogen) atoms. The largest absolute Gasteiger partial charge is 0.472 e. The second kappa shape index (κ2) is 5.69. The minimum atomic E-state index is -3.21. The Balaban J connectivity index is 2.18. The minimum Gasteiger partial charge on any atom is -0.472 e. The third-order valence-electron chi connectivity index (χ3n) is 2.61. The Morgan fingerprint density at radius 1 is 1.33 bits per heavy atom. The van der Waals surface area contributed by atoms with Gasteiger partial charge in [0, 0.05) is 23.5 Å². The first-order valence-electron chi connectivity index (χ1n) is 5.63. The molecule has 98 valence electrons. The molecule has 0 saturated heterocycles. The number of hydrogen-bond donors (Lipinski definition) is 0. The first-order valence-corrected chi connectivity index (χ1v) is 8.12. The maximum absolute atomic E-state index is 12.1. The van der Waals surface area contributed by atoms with E-state index < -0.39 is 10.0 Å². The van der Waals surface area contributed by atoms with Crippen molar-refractivity contribution in [2.24, 2.45) is 0 Å². The normalized spacial score (nSPS) is 12.1. The van der Waals surface area contributed by atoms with Crippen molar-refractivity contribution in [1.82, 2.24) is 4.31 Å². The molecule has 0 amide bonds. The van der Waals surface area contributed by atoms with Crippen LogP contribution in [0, 0.1) is 0 Å². The highest BCUT2D eigenvalue weighted by molar-refractivity contribution is 7.89. The summed E-state index contributed by atoms with van der Waals surface area (Å²) in [5.41, 5.74) is 0.864. The first-order chi connectivity index (χ1) is 8.62. The first kappa shape index (κ1) is 13.3. The summed E-state index contributed by atoms with van der Waals surface area (Å²) in [6, 6.07) is 5.65. The summed E-state index contributed by atoms with van der Waals surface area (Å²) >= 11 is 1.56. The van der Waals surface area contributed by atoms with Crippen LogP contribution in [-0.2, 0) is 23.1 Å². The van der Waals surface area contributed by atoms with Crippen LogP contribution < -0.4 is 0 Å². The van der Waals surface area contributed by atoms with Crippen molar-refractivity contribution in [3.8, 4) is 0 Å². The van der Waals surface area contributed by atoms with Gasteiger partial charge in [-0.3, -0.25) is 0 Å². The maximum Gasteiger partial charge on any atom is 0.214 e. The molecular weight excluding hydrogens is 270 g/mol. The zero-order valence-corrected chi connectivity index (χ0v) is 11.7. The molecule has 0 aliphatic rings. The lowest BCUT2D eigenvalue weighted by atomic mass is 10.3. The molecule has 4 nitrogen and oxygen atoms in total. The number of hydrogen-bond acceptors (Lipinski definition) is 4. The van der Waals surface area contributed by atoms with Crippen molar-refractivity contribution in [3.05, 3.63) is 46.5 Å². The fourth-order valence-corrected chi connectivity index (χ4v) is 3.45. The fourth-order valence-electron chi connectivity index (χ4n) is 1.60. The van der Waals surface area contributed by atoms with Crippen LogP contribution in [0.4, 0.5) is 0 Å². The highest BCUT2D eigenvalue weighted by atomic mass is 32.2. The van der Waals surface area contributed by atoms with Gasteiger partial charge in [-0.25, -0.2) is 8.42 Å². The Kier molecular flexibility index (Phi) is 4.21. The Hall–Kier alpha value is -1.11. The second-order valence-corrected chi connectivity index (χ2v) is 7.17. The van der Waals surface area contributed by atoms with Gasteiger partial charge < -0.3 is 4.42 Å². The SMILES string of the molecule is CCS(=O)(=O)N(Cc1ccoc1)Cc1cccs1. The summed E-state index contributed by atoms with van der Waals surface area (Å²) in [4.78, 5) is 1.04. The van der Waals surface area contributed by atoms with E-state index in [0.29, 0.717) is 13.1 Å². The van der Waals surface area contributed by atoms with Gasteiger partial charge in [0.2, 0.25) is 10.0 Å². The van der Waals surface area contributed by atoms with Crippen LogP contribution in [0.3, 0.4) is 0 Å². The molecule has 0 aliphatic carbocycles. The van der Waals surface area contributed by atoms with Crippen molar-refractivity contribution in [2.75, 3.05) is 5.75 Å². The summed E-state index contributed by atoms with van der Waals surface area (Å²) in [6.45, 7) is 2.43. The minimum absolute atomic E-state index is 0.107. The predicted octanol–water partition coefficient (Wildman–Crippen LogP) is 2.69. The summed E-state index contributed by atoms with van der Waals surface area (Å²) in [6.07, 6.45) is 3.13. The van der Waals surface area contributed by atoms with E-state index in [9.17, 15) is 8.42 Å². The van der Waals surface area contributed by atoms with Crippen LogP contribution in [0.15, 0.2) is 40.5 Å². The highest BCUT2D eigenvalue weighted by Crippen LogP contribution is 2.18. The van der Waals surface area contributed by atoms with Crippen LogP contribution in [0.2, 0.25) is 0 Å². The quantitative estimate of drug-likeness (QED) is 0.820. The molecule has 2 rings (SSSR count). The number of nitrogens with zero attached hydrogens (tertiary/aromatic N) is 1. The van der Waals surface area contributed by atoms with E-state index in [1.807, 2.05) is 17.5 Å². The number of thiophene rings is 1. The average molecular weight is 285 g/mol. The monoisotopic (exact) mass is 285 g/mol. The molecule has 0 radical (unpaired) electrons. The molecule has 0 aliphatic heterocycles. The van der Waals surface area contributed by atoms with Crippen molar-refractivity contribution >= 4 is 21.4 Å². The summed E-state index contributed by atoms with van der Waals surface area (Å²) in [5.74, 6) is 0.107. The predicted molar refractivity (Wildman–Crippen MR) is 71.7 cm³/mol. The Bertz CT molecular complexity index is 522. The fraction of sp³-hybridized carbons (Fsp3) is 0.333. The van der Waals surface area contributed by atoms with Crippen molar-refractivity contribution < 1.29 is 12.8 Å². The molecule has 2 aromatic rings. The Morgan fingerprint density at radius 2 is 2.17 bits per heavy atom. The van der Waals surface area contributed by atoms with Gasteiger partial charge in [-0.2, -0.15) is 4.31 Å². The van der Waals surface area contributed by atoms with E-state index in [4.69, 9.17) is 4.42 Å². The molecule has 0 atom stereocenters. The van der Waals surface area contributed by atoms with E-state index in [1.165, 1.54) is 4.31 Å². The summed E-state index contributed by atoms with van der Waals surface area (Å²) in [5, 5.41) is 1.95. The van der Waals surface area contributed by atoms with E-state index in [0.717, 1.165) is 10.4 Å². The molecule has 0 saturated carbocycles. The lowest BCUT2D eigenvalue weighted by molar-refractivity contribution is 0.403. The van der Waals surface area contributed by atoms with Crippen LogP contribution in [0.1, 0.15) is 17.4 Å². The van der Waals surface area contributed by atoms with Gasteiger partial charge in [-0.1, -0.05) is 6.07 Å². The van der Waals surface area contributed by atoms with Gasteiger partial charge in [0.1, 0.15) is 0 Å². The van der Waals surface area contributed by atoms with E-state index in [2.05, 4.69) is 0 Å². The van der Waals surface area contributed by atoms with Crippen LogP contribution >= 0.6 is 11.3 Å². The van der Waals surface area contributed by atoms with Gasteiger partial charge in [0.05, 0.1) is 18.3 Å². The zero-order valence-electron chi connectivity index (χ0n) is 10.1. The molecule has 0 bridgehead atoms. The van der Waals surface area contributed by atoms with Crippen LogP contribution in [0.5, 0.6) is 0 Å². The van der Waals surface area contributed by atoms with Gasteiger partial charge in [-0.05, 0) is 24.4 Å². The van der Waals surface area contributed by atoms with E-state index in [1.54, 1.807) is 36.9 Å². The number of furan rings is 1. The molecule has 0 aromatic carbocycles. The van der Waals surface area contributed by atoms with Crippen molar-refractivity contribution in [1.29, 1.82) is 0 Å². The zero-order chi connectivity index (χ0) is 13.0. The van der Waals surface area contributed by atoms with Crippen LogP contribution in [-0.4, -0.2) is 18.5 Å². The summed E-state index contributed by atoms with van der Waals surface area (Å²) < 4.78 is 30.6. The average Bonchev–Trinajstić information content (AvgIpc) is 3.01. The molecule has 2 aromatic heterocycles. The third-order valence-corrected chi connectivity index (χ3v) is 5.25. The molecule has 0 spiro atoms. The molecule has 0 N–H and O–H groups in total. The van der Waals surface area contributed by atoms with E-state index >= 15 is 0 Å². The molecule has 0 unspecified atom stereocenters. The lowest BCUT2D eigenvalue weighted by Gasteiger charge is -2.20. The van der Waals surface area contributed by atoms with Crippen molar-refractivity contribution in [2.45, 2.75) is 20.0 Å². The lowest BCUT2D eigenvalue weighted by Crippen LogP contribution is -2.31. The van der Waals surface area contributed by atoms with Gasteiger partial charge in [0.25, 0.3) is 0 Å². The topological polar surface area (TPSA) is 50.5 Å². The molecule has 0 fully saturated rings.